The Labute approximate surface area is 113 Å². The average Bonchev–Trinajstić information content (AvgIpc) is 2.44. The van der Waals surface area contributed by atoms with Crippen LogP contribution in [0.15, 0.2) is 24.3 Å². The van der Waals surface area contributed by atoms with E-state index in [4.69, 9.17) is 10.6 Å². The summed E-state index contributed by atoms with van der Waals surface area (Å²) >= 11 is 0. The first-order valence-corrected chi connectivity index (χ1v) is 6.36. The van der Waals surface area contributed by atoms with E-state index < -0.39 is 0 Å². The Morgan fingerprint density at radius 3 is 2.47 bits per heavy atom. The lowest BCUT2D eigenvalue weighted by molar-refractivity contribution is -0.121. The number of ketones is 1. The second-order valence-corrected chi connectivity index (χ2v) is 4.34. The molecule has 3 N–H and O–H groups in total. The first-order valence-electron chi connectivity index (χ1n) is 6.36. The van der Waals surface area contributed by atoms with E-state index >= 15 is 0 Å². The summed E-state index contributed by atoms with van der Waals surface area (Å²) in [5, 5.41) is 0. The van der Waals surface area contributed by atoms with E-state index in [0.29, 0.717) is 30.6 Å². The Kier molecular flexibility index (Phi) is 6.02. The molecule has 5 nitrogen and oxygen atoms in total. The molecule has 1 rings (SSSR count). The van der Waals surface area contributed by atoms with Gasteiger partial charge in [0.1, 0.15) is 5.75 Å². The zero-order chi connectivity index (χ0) is 14.3. The SMILES string of the molecule is CCC(=O)c1ccc(OC(C)CCC(=O)NN)cc1. The molecule has 1 amide bonds. The van der Waals surface area contributed by atoms with Crippen LogP contribution >= 0.6 is 0 Å². The van der Waals surface area contributed by atoms with Crippen LogP contribution in [-0.4, -0.2) is 17.8 Å². The lowest BCUT2D eigenvalue weighted by Crippen LogP contribution is -2.30. The fourth-order valence-electron chi connectivity index (χ4n) is 1.62. The van der Waals surface area contributed by atoms with Gasteiger partial charge >= 0.3 is 0 Å². The minimum absolute atomic E-state index is 0.0926. The van der Waals surface area contributed by atoms with Gasteiger partial charge in [-0.15, -0.1) is 0 Å². The summed E-state index contributed by atoms with van der Waals surface area (Å²) in [5.74, 6) is 5.59. The van der Waals surface area contributed by atoms with Crippen molar-refractivity contribution >= 4 is 11.7 Å². The molecule has 0 spiro atoms. The number of Topliss-reactive ketones (excluding diaryl/α,β-unsaturated/α-hetero) is 1. The molecule has 0 heterocycles. The highest BCUT2D eigenvalue weighted by Gasteiger charge is 2.08. The number of amides is 1. The van der Waals surface area contributed by atoms with E-state index in [1.165, 1.54) is 0 Å². The number of benzene rings is 1. The van der Waals surface area contributed by atoms with Crippen molar-refractivity contribution in [3.8, 4) is 5.75 Å². The molecule has 1 unspecified atom stereocenters. The highest BCUT2D eigenvalue weighted by Crippen LogP contribution is 2.16. The van der Waals surface area contributed by atoms with Gasteiger partial charge in [-0.1, -0.05) is 6.92 Å². The second-order valence-electron chi connectivity index (χ2n) is 4.34. The number of hydrogen-bond acceptors (Lipinski definition) is 4. The summed E-state index contributed by atoms with van der Waals surface area (Å²) in [4.78, 5) is 22.5. The Hall–Kier alpha value is -1.88. The van der Waals surface area contributed by atoms with Crippen LogP contribution in [0, 0.1) is 0 Å². The average molecular weight is 264 g/mol. The molecule has 0 aliphatic carbocycles. The van der Waals surface area contributed by atoms with Crippen molar-refractivity contribution in [2.24, 2.45) is 5.84 Å². The minimum Gasteiger partial charge on any atom is -0.491 e. The number of hydrogen-bond donors (Lipinski definition) is 2. The van der Waals surface area contributed by atoms with Gasteiger partial charge in [0.25, 0.3) is 0 Å². The van der Waals surface area contributed by atoms with Crippen LogP contribution in [0.4, 0.5) is 0 Å². The van der Waals surface area contributed by atoms with Gasteiger partial charge in [0.05, 0.1) is 6.10 Å². The maximum absolute atomic E-state index is 11.5. The van der Waals surface area contributed by atoms with E-state index in [-0.39, 0.29) is 17.8 Å². The fraction of sp³-hybridized carbons (Fsp3) is 0.429. The molecule has 5 heteroatoms. The van der Waals surface area contributed by atoms with Crippen LogP contribution in [0.3, 0.4) is 0 Å². The lowest BCUT2D eigenvalue weighted by Gasteiger charge is -2.14. The predicted octanol–water partition coefficient (Wildman–Crippen LogP) is 1.82. The molecule has 0 aliphatic heterocycles. The van der Waals surface area contributed by atoms with Gasteiger partial charge in [-0.05, 0) is 37.6 Å². The quantitative estimate of drug-likeness (QED) is 0.340. The van der Waals surface area contributed by atoms with Gasteiger partial charge in [-0.25, -0.2) is 5.84 Å². The molecule has 1 aromatic rings. The summed E-state index contributed by atoms with van der Waals surface area (Å²) in [5.41, 5.74) is 2.76. The van der Waals surface area contributed by atoms with Crippen molar-refractivity contribution in [2.45, 2.75) is 39.2 Å². The number of ether oxygens (including phenoxy) is 1. The fourth-order valence-corrected chi connectivity index (χ4v) is 1.62. The van der Waals surface area contributed by atoms with Crippen LogP contribution < -0.4 is 16.0 Å². The minimum atomic E-state index is -0.209. The van der Waals surface area contributed by atoms with Gasteiger partial charge in [0.15, 0.2) is 5.78 Å². The molecule has 0 aromatic heterocycles. The van der Waals surface area contributed by atoms with Gasteiger partial charge in [0, 0.05) is 18.4 Å². The molecule has 0 radical (unpaired) electrons. The number of nitrogens with two attached hydrogens (primary N) is 1. The summed E-state index contributed by atoms with van der Waals surface area (Å²) in [6.07, 6.45) is 1.30. The maximum Gasteiger partial charge on any atom is 0.234 e. The normalized spacial score (nSPS) is 11.7. The van der Waals surface area contributed by atoms with Gasteiger partial charge in [-0.3, -0.25) is 15.0 Å². The third-order valence-electron chi connectivity index (χ3n) is 2.77. The Bertz CT molecular complexity index is 429. The van der Waals surface area contributed by atoms with Crippen LogP contribution in [0.2, 0.25) is 0 Å². The zero-order valence-corrected chi connectivity index (χ0v) is 11.3. The molecule has 0 aliphatic rings. The second kappa shape index (κ2) is 7.53. The van der Waals surface area contributed by atoms with Crippen molar-refractivity contribution < 1.29 is 14.3 Å². The number of rotatable bonds is 7. The van der Waals surface area contributed by atoms with E-state index in [1.54, 1.807) is 24.3 Å². The van der Waals surface area contributed by atoms with Crippen LogP contribution in [0.25, 0.3) is 0 Å². The van der Waals surface area contributed by atoms with E-state index in [0.717, 1.165) is 0 Å². The molecule has 0 fully saturated rings. The number of nitrogens with one attached hydrogen (secondary N) is 1. The Morgan fingerprint density at radius 2 is 1.95 bits per heavy atom. The van der Waals surface area contributed by atoms with E-state index in [1.807, 2.05) is 13.8 Å². The number of carbonyl (C=O) groups is 2. The standard InChI is InChI=1S/C14H20N2O3/c1-3-13(17)11-5-7-12(8-6-11)19-10(2)4-9-14(18)16-15/h5-8,10H,3-4,9,15H2,1-2H3,(H,16,18). The molecule has 1 atom stereocenters. The number of carbonyl (C=O) groups excluding carboxylic acids is 2. The number of hydrazine groups is 1. The van der Waals surface area contributed by atoms with Crippen LogP contribution in [-0.2, 0) is 4.79 Å². The first kappa shape index (κ1) is 15.2. The predicted molar refractivity (Wildman–Crippen MR) is 72.7 cm³/mol. The molecule has 19 heavy (non-hydrogen) atoms. The van der Waals surface area contributed by atoms with E-state index in [9.17, 15) is 9.59 Å². The monoisotopic (exact) mass is 264 g/mol. The van der Waals surface area contributed by atoms with Crippen molar-refractivity contribution in [2.75, 3.05) is 0 Å². The third-order valence-corrected chi connectivity index (χ3v) is 2.77. The highest BCUT2D eigenvalue weighted by molar-refractivity contribution is 5.95. The molecular formula is C14H20N2O3. The van der Waals surface area contributed by atoms with Crippen molar-refractivity contribution in [1.29, 1.82) is 0 Å². The Morgan fingerprint density at radius 1 is 1.32 bits per heavy atom. The highest BCUT2D eigenvalue weighted by atomic mass is 16.5. The summed E-state index contributed by atoms with van der Waals surface area (Å²) < 4.78 is 5.65. The first-order chi connectivity index (χ1) is 9.06. The molecule has 1 aromatic carbocycles. The summed E-state index contributed by atoms with van der Waals surface area (Å²) in [6, 6.07) is 7.03. The Balaban J connectivity index is 2.48. The van der Waals surface area contributed by atoms with Crippen LogP contribution in [0.1, 0.15) is 43.5 Å². The summed E-state index contributed by atoms with van der Waals surface area (Å²) in [7, 11) is 0. The van der Waals surface area contributed by atoms with Crippen molar-refractivity contribution in [1.82, 2.24) is 5.43 Å². The lowest BCUT2D eigenvalue weighted by atomic mass is 10.1. The largest absolute Gasteiger partial charge is 0.491 e. The van der Waals surface area contributed by atoms with Crippen LogP contribution in [0.5, 0.6) is 5.75 Å². The maximum atomic E-state index is 11.5. The van der Waals surface area contributed by atoms with Gasteiger partial charge < -0.3 is 4.74 Å². The molecular weight excluding hydrogens is 244 g/mol. The molecule has 0 saturated heterocycles. The van der Waals surface area contributed by atoms with Crippen molar-refractivity contribution in [3.63, 3.8) is 0 Å². The third kappa shape index (κ3) is 5.09. The molecule has 0 bridgehead atoms. The smallest absolute Gasteiger partial charge is 0.234 e. The van der Waals surface area contributed by atoms with Crippen molar-refractivity contribution in [3.05, 3.63) is 29.8 Å². The van der Waals surface area contributed by atoms with Gasteiger partial charge in [-0.2, -0.15) is 0 Å². The zero-order valence-electron chi connectivity index (χ0n) is 11.3. The topological polar surface area (TPSA) is 81.4 Å². The molecule has 0 saturated carbocycles. The molecule has 104 valence electrons. The van der Waals surface area contributed by atoms with Gasteiger partial charge in [0.2, 0.25) is 5.91 Å². The summed E-state index contributed by atoms with van der Waals surface area (Å²) in [6.45, 7) is 3.71. The van der Waals surface area contributed by atoms with E-state index in [2.05, 4.69) is 5.43 Å².